The topological polar surface area (TPSA) is 49.8 Å². The van der Waals surface area contributed by atoms with Crippen LogP contribution in [0.2, 0.25) is 0 Å². The summed E-state index contributed by atoms with van der Waals surface area (Å²) in [5, 5.41) is 8.94. The van der Waals surface area contributed by atoms with E-state index in [0.29, 0.717) is 18.7 Å². The van der Waals surface area contributed by atoms with Crippen LogP contribution in [0, 0.1) is 5.82 Å². The van der Waals surface area contributed by atoms with Gasteiger partial charge in [0.05, 0.1) is 6.54 Å². The number of rotatable bonds is 9. The molecule has 0 radical (unpaired) electrons. The average Bonchev–Trinajstić information content (AvgIpc) is 2.72. The molecule has 0 aliphatic carbocycles. The van der Waals surface area contributed by atoms with Crippen LogP contribution in [-0.2, 0) is 4.79 Å². The lowest BCUT2D eigenvalue weighted by Crippen LogP contribution is -2.28. The molecule has 30 heavy (non-hydrogen) atoms. The number of benzene rings is 3. The van der Waals surface area contributed by atoms with Gasteiger partial charge in [0.1, 0.15) is 17.7 Å². The molecule has 3 aromatic rings. The third-order valence-corrected chi connectivity index (χ3v) is 4.66. The lowest BCUT2D eigenvalue weighted by molar-refractivity contribution is -0.138. The minimum atomic E-state index is -0.872. The van der Waals surface area contributed by atoms with Gasteiger partial charge in [-0.1, -0.05) is 54.6 Å². The van der Waals surface area contributed by atoms with E-state index < -0.39 is 5.97 Å². The van der Waals surface area contributed by atoms with Gasteiger partial charge in [0.2, 0.25) is 0 Å². The highest BCUT2D eigenvalue weighted by atomic mass is 35.5. The predicted molar refractivity (Wildman–Crippen MR) is 119 cm³/mol. The highest BCUT2D eigenvalue weighted by Crippen LogP contribution is 2.28. The molecule has 0 aliphatic heterocycles. The first-order chi connectivity index (χ1) is 14.0. The number of ether oxygens (including phenoxy) is 1. The molecule has 0 fully saturated rings. The highest BCUT2D eigenvalue weighted by molar-refractivity contribution is 5.85. The number of aliphatic carboxylic acids is 1. The molecule has 0 heterocycles. The smallest absolute Gasteiger partial charge is 0.317 e. The Morgan fingerprint density at radius 3 is 2.17 bits per heavy atom. The fourth-order valence-corrected chi connectivity index (χ4v) is 3.14. The molecule has 158 valence electrons. The maximum Gasteiger partial charge on any atom is 0.317 e. The van der Waals surface area contributed by atoms with Gasteiger partial charge >= 0.3 is 5.97 Å². The Balaban J connectivity index is 0.00000320. The molecule has 0 bridgehead atoms. The van der Waals surface area contributed by atoms with Gasteiger partial charge in [0, 0.05) is 13.0 Å². The number of hydrogen-bond donors (Lipinski definition) is 1. The Hall–Kier alpha value is -2.89. The molecule has 0 aromatic heterocycles. The first-order valence-electron chi connectivity index (χ1n) is 9.49. The number of carboxylic acid groups (broad SMARTS) is 1. The molecule has 1 atom stereocenters. The van der Waals surface area contributed by atoms with Gasteiger partial charge in [0.25, 0.3) is 0 Å². The lowest BCUT2D eigenvalue weighted by atomic mass is 10.0. The summed E-state index contributed by atoms with van der Waals surface area (Å²) in [4.78, 5) is 12.6. The Morgan fingerprint density at radius 1 is 0.967 bits per heavy atom. The van der Waals surface area contributed by atoms with Gasteiger partial charge in [-0.25, -0.2) is 4.39 Å². The molecular formula is C24H25ClFNO3. The maximum atomic E-state index is 13.3. The van der Waals surface area contributed by atoms with Crippen molar-refractivity contribution < 1.29 is 19.0 Å². The van der Waals surface area contributed by atoms with Crippen LogP contribution in [0.5, 0.6) is 5.75 Å². The van der Waals surface area contributed by atoms with Crippen molar-refractivity contribution in [2.45, 2.75) is 12.5 Å². The summed E-state index contributed by atoms with van der Waals surface area (Å²) in [6.45, 7) is 0.498. The van der Waals surface area contributed by atoms with E-state index in [0.717, 1.165) is 16.7 Å². The predicted octanol–water partition coefficient (Wildman–Crippen LogP) is 5.44. The second-order valence-corrected chi connectivity index (χ2v) is 6.97. The number of halogens is 2. The van der Waals surface area contributed by atoms with Crippen molar-refractivity contribution in [1.29, 1.82) is 0 Å². The quantitative estimate of drug-likeness (QED) is 0.492. The van der Waals surface area contributed by atoms with Crippen LogP contribution in [0.1, 0.15) is 18.1 Å². The summed E-state index contributed by atoms with van der Waals surface area (Å²) in [5.74, 6) is -0.467. The molecule has 4 nitrogen and oxygen atoms in total. The van der Waals surface area contributed by atoms with Crippen molar-refractivity contribution in [1.82, 2.24) is 4.90 Å². The van der Waals surface area contributed by atoms with Crippen molar-refractivity contribution in [3.8, 4) is 16.9 Å². The summed E-state index contributed by atoms with van der Waals surface area (Å²) in [5.41, 5.74) is 3.07. The van der Waals surface area contributed by atoms with Gasteiger partial charge in [-0.15, -0.1) is 12.4 Å². The Bertz CT molecular complexity index is 917. The summed E-state index contributed by atoms with van der Waals surface area (Å²) >= 11 is 0. The monoisotopic (exact) mass is 429 g/mol. The van der Waals surface area contributed by atoms with Crippen molar-refractivity contribution in [3.63, 3.8) is 0 Å². The van der Waals surface area contributed by atoms with E-state index in [9.17, 15) is 9.18 Å². The van der Waals surface area contributed by atoms with Crippen LogP contribution < -0.4 is 4.74 Å². The second-order valence-electron chi connectivity index (χ2n) is 6.97. The molecule has 3 aromatic carbocycles. The summed E-state index contributed by atoms with van der Waals surface area (Å²) in [6, 6.07) is 24.1. The lowest BCUT2D eigenvalue weighted by Gasteiger charge is -2.22. The first kappa shape index (κ1) is 23.4. The van der Waals surface area contributed by atoms with Gasteiger partial charge in [-0.05, 0) is 48.0 Å². The molecule has 6 heteroatoms. The normalized spacial score (nSPS) is 11.6. The molecule has 3 rings (SSSR count). The van der Waals surface area contributed by atoms with E-state index in [4.69, 9.17) is 9.84 Å². The van der Waals surface area contributed by atoms with Gasteiger partial charge in [-0.3, -0.25) is 9.69 Å². The van der Waals surface area contributed by atoms with E-state index in [-0.39, 0.29) is 30.9 Å². The largest absolute Gasteiger partial charge is 0.486 e. The van der Waals surface area contributed by atoms with E-state index in [2.05, 4.69) is 12.1 Å². The molecule has 0 spiro atoms. The van der Waals surface area contributed by atoms with Gasteiger partial charge < -0.3 is 9.84 Å². The SMILES string of the molecule is CN(CC[C@@H](Oc1ccc(-c2ccccc2)cc1)c1ccc(F)cc1)CC(=O)O.Cl. The summed E-state index contributed by atoms with van der Waals surface area (Å²) in [7, 11) is 1.75. The van der Waals surface area contributed by atoms with E-state index in [1.807, 2.05) is 42.5 Å². The number of likely N-dealkylation sites (N-methyl/N-ethyl adjacent to an activating group) is 1. The zero-order valence-corrected chi connectivity index (χ0v) is 17.5. The maximum absolute atomic E-state index is 13.3. The Morgan fingerprint density at radius 2 is 1.57 bits per heavy atom. The molecule has 0 unspecified atom stereocenters. The van der Waals surface area contributed by atoms with Crippen molar-refractivity contribution in [2.24, 2.45) is 0 Å². The van der Waals surface area contributed by atoms with Crippen LogP contribution in [-0.4, -0.2) is 36.1 Å². The van der Waals surface area contributed by atoms with Crippen LogP contribution in [0.25, 0.3) is 11.1 Å². The molecular weight excluding hydrogens is 405 g/mol. The third kappa shape index (κ3) is 6.87. The summed E-state index contributed by atoms with van der Waals surface area (Å²) < 4.78 is 19.5. The van der Waals surface area contributed by atoms with Crippen molar-refractivity contribution >= 4 is 18.4 Å². The molecule has 1 N–H and O–H groups in total. The summed E-state index contributed by atoms with van der Waals surface area (Å²) in [6.07, 6.45) is 0.268. The molecule has 0 saturated heterocycles. The third-order valence-electron chi connectivity index (χ3n) is 4.66. The van der Waals surface area contributed by atoms with Crippen molar-refractivity contribution in [2.75, 3.05) is 20.1 Å². The zero-order valence-electron chi connectivity index (χ0n) is 16.7. The molecule has 0 saturated carbocycles. The second kappa shape index (κ2) is 11.3. The van der Waals surface area contributed by atoms with Crippen LogP contribution in [0.3, 0.4) is 0 Å². The van der Waals surface area contributed by atoms with Crippen molar-refractivity contribution in [3.05, 3.63) is 90.2 Å². The fourth-order valence-electron chi connectivity index (χ4n) is 3.14. The standard InChI is InChI=1S/C24H24FNO3.ClH/c1-26(17-24(27)28)16-15-23(20-7-11-21(25)12-8-20)29-22-13-9-19(10-14-22)18-5-3-2-4-6-18;/h2-14,23H,15-17H2,1H3,(H,27,28);1H/t23-;/m1./s1. The van der Waals surface area contributed by atoms with E-state index in [1.54, 1.807) is 24.1 Å². The molecule has 0 amide bonds. The number of carbonyl (C=O) groups is 1. The number of nitrogens with zero attached hydrogens (tertiary/aromatic N) is 1. The molecule has 0 aliphatic rings. The van der Waals surface area contributed by atoms with Gasteiger partial charge in [-0.2, -0.15) is 0 Å². The average molecular weight is 430 g/mol. The minimum Gasteiger partial charge on any atom is -0.486 e. The zero-order chi connectivity index (χ0) is 20.6. The number of carboxylic acids is 1. The van der Waals surface area contributed by atoms with Crippen LogP contribution >= 0.6 is 12.4 Å². The highest BCUT2D eigenvalue weighted by Gasteiger charge is 2.16. The van der Waals surface area contributed by atoms with Crippen LogP contribution in [0.4, 0.5) is 4.39 Å². The van der Waals surface area contributed by atoms with E-state index >= 15 is 0 Å². The van der Waals surface area contributed by atoms with E-state index in [1.165, 1.54) is 12.1 Å². The Labute approximate surface area is 182 Å². The minimum absolute atomic E-state index is 0. The van der Waals surface area contributed by atoms with Gasteiger partial charge in [0.15, 0.2) is 0 Å². The Kier molecular flexibility index (Phi) is 8.84. The first-order valence-corrected chi connectivity index (χ1v) is 9.49. The number of hydrogen-bond acceptors (Lipinski definition) is 3. The fraction of sp³-hybridized carbons (Fsp3) is 0.208. The van der Waals surface area contributed by atoms with Crippen LogP contribution in [0.15, 0.2) is 78.9 Å².